The number of ether oxygens (including phenoxy) is 1. The highest BCUT2D eigenvalue weighted by Crippen LogP contribution is 2.24. The van der Waals surface area contributed by atoms with Crippen molar-refractivity contribution in [1.29, 1.82) is 0 Å². The van der Waals surface area contributed by atoms with E-state index in [4.69, 9.17) is 33.1 Å². The van der Waals surface area contributed by atoms with Crippen LogP contribution in [0.5, 0.6) is 0 Å². The standard InChI is InChI=1S/C32H36Cl2N4O7S2/c1-2-45-31(41)21-36(14-11-22-5-9-26(10-6-22)47(35,43)44)29(39)19-28-32(42)37(15-12-23-7-8-24(33)18-27(23)34)20-30(40)38(28)16-13-25-4-3-17-46-25/h3-10,17-18,28H,2,11-16,19-21H2,1H3,(H2,35,43,44). The van der Waals surface area contributed by atoms with Gasteiger partial charge in [0, 0.05) is 34.6 Å². The van der Waals surface area contributed by atoms with Crippen molar-refractivity contribution in [2.45, 2.75) is 43.5 Å². The molecular formula is C32H36Cl2N4O7S2. The summed E-state index contributed by atoms with van der Waals surface area (Å²) in [6, 6.07) is 13.7. The van der Waals surface area contributed by atoms with Gasteiger partial charge in [0.15, 0.2) is 0 Å². The second kappa shape index (κ2) is 16.6. The van der Waals surface area contributed by atoms with Crippen LogP contribution in [0.3, 0.4) is 0 Å². The summed E-state index contributed by atoms with van der Waals surface area (Å²) in [5.41, 5.74) is 1.47. The number of rotatable bonds is 15. The summed E-state index contributed by atoms with van der Waals surface area (Å²) < 4.78 is 28.4. The molecule has 15 heteroatoms. The summed E-state index contributed by atoms with van der Waals surface area (Å²) in [6.45, 7) is 1.81. The van der Waals surface area contributed by atoms with Crippen LogP contribution in [-0.4, -0.2) is 92.2 Å². The summed E-state index contributed by atoms with van der Waals surface area (Å²) in [4.78, 5) is 59.0. The molecule has 1 fully saturated rings. The minimum absolute atomic E-state index is 0.0493. The first-order valence-electron chi connectivity index (χ1n) is 15.0. The Morgan fingerprint density at radius 3 is 2.43 bits per heavy atom. The third kappa shape index (κ3) is 10.2. The number of hydrogen-bond donors (Lipinski definition) is 1. The predicted molar refractivity (Wildman–Crippen MR) is 180 cm³/mol. The number of piperazine rings is 1. The zero-order chi connectivity index (χ0) is 34.1. The molecule has 1 aromatic heterocycles. The van der Waals surface area contributed by atoms with Crippen molar-refractivity contribution in [2.75, 3.05) is 39.3 Å². The molecule has 1 aliphatic rings. The highest BCUT2D eigenvalue weighted by molar-refractivity contribution is 7.89. The van der Waals surface area contributed by atoms with Crippen LogP contribution in [0.25, 0.3) is 0 Å². The normalized spacial score (nSPS) is 15.2. The lowest BCUT2D eigenvalue weighted by atomic mass is 10.0. The molecule has 0 aliphatic carbocycles. The van der Waals surface area contributed by atoms with E-state index in [9.17, 15) is 27.6 Å². The topological polar surface area (TPSA) is 147 Å². The number of hydrogen-bond acceptors (Lipinski definition) is 8. The first-order chi connectivity index (χ1) is 22.3. The number of halogens is 2. The zero-order valence-corrected chi connectivity index (χ0v) is 28.9. The van der Waals surface area contributed by atoms with E-state index in [2.05, 4.69) is 0 Å². The fraction of sp³-hybridized carbons (Fsp3) is 0.375. The molecule has 2 heterocycles. The lowest BCUT2D eigenvalue weighted by Gasteiger charge is -2.40. The van der Waals surface area contributed by atoms with Gasteiger partial charge in [-0.25, -0.2) is 13.6 Å². The summed E-state index contributed by atoms with van der Waals surface area (Å²) in [5.74, 6) is -1.78. The molecule has 0 spiro atoms. The van der Waals surface area contributed by atoms with Crippen molar-refractivity contribution in [3.63, 3.8) is 0 Å². The quantitative estimate of drug-likeness (QED) is 0.236. The number of amides is 3. The minimum Gasteiger partial charge on any atom is -0.465 e. The lowest BCUT2D eigenvalue weighted by molar-refractivity contribution is -0.158. The van der Waals surface area contributed by atoms with Crippen molar-refractivity contribution in [3.8, 4) is 0 Å². The van der Waals surface area contributed by atoms with Gasteiger partial charge in [-0.3, -0.25) is 19.2 Å². The number of thiophene rings is 1. The molecule has 0 saturated carbocycles. The van der Waals surface area contributed by atoms with Crippen molar-refractivity contribution in [2.24, 2.45) is 5.14 Å². The molecule has 11 nitrogen and oxygen atoms in total. The third-order valence-electron chi connectivity index (χ3n) is 7.73. The number of primary sulfonamides is 1. The molecule has 1 unspecified atom stereocenters. The summed E-state index contributed by atoms with van der Waals surface area (Å²) in [5, 5.41) is 8.05. The fourth-order valence-corrected chi connectivity index (χ4v) is 6.96. The van der Waals surface area contributed by atoms with E-state index in [1.165, 1.54) is 38.2 Å². The van der Waals surface area contributed by atoms with Crippen LogP contribution in [0.4, 0.5) is 0 Å². The molecule has 1 atom stereocenters. The molecule has 0 radical (unpaired) electrons. The number of carbonyl (C=O) groups is 4. The predicted octanol–water partition coefficient (Wildman–Crippen LogP) is 3.55. The Balaban J connectivity index is 1.53. The highest BCUT2D eigenvalue weighted by atomic mass is 35.5. The summed E-state index contributed by atoms with van der Waals surface area (Å²) in [6.07, 6.45) is 0.841. The van der Waals surface area contributed by atoms with Gasteiger partial charge in [0.1, 0.15) is 12.6 Å². The van der Waals surface area contributed by atoms with Crippen LogP contribution in [0.1, 0.15) is 29.3 Å². The largest absolute Gasteiger partial charge is 0.465 e. The molecule has 2 aromatic carbocycles. The monoisotopic (exact) mass is 722 g/mol. The Kier molecular flexibility index (Phi) is 12.8. The smallest absolute Gasteiger partial charge is 0.325 e. The Hall–Kier alpha value is -3.49. The van der Waals surface area contributed by atoms with Crippen LogP contribution in [0.2, 0.25) is 10.0 Å². The fourth-order valence-electron chi connectivity index (χ4n) is 5.24. The molecule has 3 amide bonds. The summed E-state index contributed by atoms with van der Waals surface area (Å²) >= 11 is 13.9. The SMILES string of the molecule is CCOC(=O)CN(CCc1ccc(S(N)(=O)=O)cc1)C(=O)CC1C(=O)N(CCc2ccc(Cl)cc2Cl)CC(=O)N1CCc1cccs1. The van der Waals surface area contributed by atoms with Crippen LogP contribution in [0.15, 0.2) is 64.9 Å². The number of nitrogens with two attached hydrogens (primary N) is 1. The van der Waals surface area contributed by atoms with Gasteiger partial charge in [0.2, 0.25) is 27.7 Å². The van der Waals surface area contributed by atoms with Gasteiger partial charge in [-0.2, -0.15) is 0 Å². The molecule has 4 rings (SSSR count). The lowest BCUT2D eigenvalue weighted by Crippen LogP contribution is -2.61. The van der Waals surface area contributed by atoms with Crippen molar-refractivity contribution < 1.29 is 32.3 Å². The number of esters is 1. The van der Waals surface area contributed by atoms with Crippen LogP contribution in [-0.2, 0) is 53.2 Å². The van der Waals surface area contributed by atoms with E-state index in [-0.39, 0.29) is 68.9 Å². The van der Waals surface area contributed by atoms with Crippen molar-refractivity contribution in [1.82, 2.24) is 14.7 Å². The van der Waals surface area contributed by atoms with Crippen LogP contribution >= 0.6 is 34.5 Å². The first-order valence-corrected chi connectivity index (χ1v) is 18.1. The van der Waals surface area contributed by atoms with E-state index in [0.717, 1.165) is 10.4 Å². The van der Waals surface area contributed by atoms with Crippen LogP contribution in [0, 0.1) is 0 Å². The van der Waals surface area contributed by atoms with E-state index in [0.29, 0.717) is 28.5 Å². The van der Waals surface area contributed by atoms with Gasteiger partial charge in [0.05, 0.1) is 24.5 Å². The molecule has 1 saturated heterocycles. The number of sulfonamides is 1. The first kappa shape index (κ1) is 36.3. The number of carbonyl (C=O) groups excluding carboxylic acids is 4. The molecule has 2 N–H and O–H groups in total. The average Bonchev–Trinajstić information content (AvgIpc) is 3.54. The second-order valence-electron chi connectivity index (χ2n) is 10.9. The van der Waals surface area contributed by atoms with Crippen molar-refractivity contribution in [3.05, 3.63) is 86.0 Å². The van der Waals surface area contributed by atoms with Gasteiger partial charge < -0.3 is 19.4 Å². The van der Waals surface area contributed by atoms with Gasteiger partial charge in [-0.1, -0.05) is 47.5 Å². The van der Waals surface area contributed by atoms with Crippen LogP contribution < -0.4 is 5.14 Å². The molecule has 1 aliphatic heterocycles. The van der Waals surface area contributed by atoms with E-state index in [1.54, 1.807) is 37.3 Å². The maximum atomic E-state index is 13.9. The zero-order valence-electron chi connectivity index (χ0n) is 25.8. The van der Waals surface area contributed by atoms with Gasteiger partial charge >= 0.3 is 5.97 Å². The van der Waals surface area contributed by atoms with Gasteiger partial charge in [-0.05, 0) is 73.0 Å². The maximum absolute atomic E-state index is 13.9. The van der Waals surface area contributed by atoms with E-state index >= 15 is 0 Å². The molecule has 0 bridgehead atoms. The maximum Gasteiger partial charge on any atom is 0.325 e. The Bertz CT molecular complexity index is 1690. The molecule has 47 heavy (non-hydrogen) atoms. The average molecular weight is 724 g/mol. The number of benzene rings is 2. The number of nitrogens with zero attached hydrogens (tertiary/aromatic N) is 3. The van der Waals surface area contributed by atoms with Crippen molar-refractivity contribution >= 4 is 68.3 Å². The van der Waals surface area contributed by atoms with Gasteiger partial charge in [-0.15, -0.1) is 11.3 Å². The summed E-state index contributed by atoms with van der Waals surface area (Å²) in [7, 11) is -3.87. The third-order valence-corrected chi connectivity index (χ3v) is 10.2. The van der Waals surface area contributed by atoms with E-state index in [1.807, 2.05) is 17.5 Å². The molecule has 252 valence electrons. The Morgan fingerprint density at radius 2 is 1.79 bits per heavy atom. The Labute approximate surface area is 288 Å². The minimum atomic E-state index is -3.87. The highest BCUT2D eigenvalue weighted by Gasteiger charge is 2.41. The molecular weight excluding hydrogens is 687 g/mol. The second-order valence-corrected chi connectivity index (χ2v) is 14.4. The van der Waals surface area contributed by atoms with Gasteiger partial charge in [0.25, 0.3) is 0 Å². The Morgan fingerprint density at radius 1 is 1.04 bits per heavy atom. The van der Waals surface area contributed by atoms with E-state index < -0.39 is 27.9 Å². The molecule has 3 aromatic rings.